The number of nitro groups is 1. The Hall–Kier alpha value is -1.98. The van der Waals surface area contributed by atoms with Crippen molar-refractivity contribution in [3.63, 3.8) is 0 Å². The highest BCUT2D eigenvalue weighted by molar-refractivity contribution is 9.10. The summed E-state index contributed by atoms with van der Waals surface area (Å²) in [5.74, 6) is -2.72. The van der Waals surface area contributed by atoms with Gasteiger partial charge >= 0.3 is 0 Å². The van der Waals surface area contributed by atoms with Crippen LogP contribution in [-0.4, -0.2) is 32.6 Å². The van der Waals surface area contributed by atoms with Crippen LogP contribution in [0.1, 0.15) is 5.56 Å². The number of amides is 1. The molecule has 2 rings (SSSR count). The number of aliphatic carboxylic acids is 1. The van der Waals surface area contributed by atoms with Crippen molar-refractivity contribution >= 4 is 67.9 Å². The highest BCUT2D eigenvalue weighted by Crippen LogP contribution is 2.36. The topological polar surface area (TPSA) is 127 Å². The van der Waals surface area contributed by atoms with Crippen molar-refractivity contribution in [3.05, 3.63) is 37.2 Å². The van der Waals surface area contributed by atoms with E-state index in [1.54, 1.807) is 0 Å². The number of benzene rings is 1. The fourth-order valence-electron chi connectivity index (χ4n) is 1.72. The number of non-ortho nitro benzene ring substituents is 1. The van der Waals surface area contributed by atoms with Crippen LogP contribution in [0.4, 0.5) is 5.69 Å². The SMILES string of the molecule is O=C([O-])CN1C(=O)/C(=C\c2cc([N+](=O)[O-])cc(Br)c2[O-])SC1=S. The fraction of sp³-hybridized carbons (Fsp3) is 0.0833. The molecule has 0 bridgehead atoms. The Labute approximate surface area is 147 Å². The lowest BCUT2D eigenvalue weighted by Gasteiger charge is -2.15. The Bertz CT molecular complexity index is 779. The standard InChI is InChI=1S/C12H7BrN2O6S2/c13-7-3-6(15(20)21)1-5(10(7)18)2-8-11(19)14(4-9(16)17)12(22)23-8/h1-3,18H,4H2,(H,16,17)/p-2/b8-2+. The van der Waals surface area contributed by atoms with Gasteiger partial charge in [0.05, 0.1) is 22.3 Å². The van der Waals surface area contributed by atoms with E-state index in [0.717, 1.165) is 34.9 Å². The van der Waals surface area contributed by atoms with Gasteiger partial charge in [-0.3, -0.25) is 19.8 Å². The average Bonchev–Trinajstić information content (AvgIpc) is 2.70. The third-order valence-corrected chi connectivity index (χ3v) is 4.68. The Morgan fingerprint density at radius 3 is 2.70 bits per heavy atom. The summed E-state index contributed by atoms with van der Waals surface area (Å²) in [6, 6.07) is 2.08. The van der Waals surface area contributed by atoms with Crippen molar-refractivity contribution in [3.8, 4) is 5.75 Å². The molecule has 23 heavy (non-hydrogen) atoms. The molecule has 0 radical (unpaired) electrons. The first kappa shape index (κ1) is 17.4. The van der Waals surface area contributed by atoms with E-state index in [2.05, 4.69) is 15.9 Å². The molecule has 11 heteroatoms. The van der Waals surface area contributed by atoms with Crippen molar-refractivity contribution in [2.75, 3.05) is 6.54 Å². The summed E-state index contributed by atoms with van der Waals surface area (Å²) in [5, 5.41) is 33.4. The van der Waals surface area contributed by atoms with Crippen LogP contribution in [0.5, 0.6) is 5.75 Å². The molecule has 0 N–H and O–H groups in total. The van der Waals surface area contributed by atoms with E-state index in [9.17, 15) is 29.9 Å². The molecule has 1 aliphatic heterocycles. The van der Waals surface area contributed by atoms with Gasteiger partial charge in [0.15, 0.2) is 0 Å². The smallest absolute Gasteiger partial charge is 0.271 e. The number of halogens is 1. The van der Waals surface area contributed by atoms with E-state index in [-0.39, 0.29) is 24.9 Å². The number of carboxylic acids is 1. The van der Waals surface area contributed by atoms with Gasteiger partial charge in [-0.15, -0.1) is 0 Å². The predicted molar refractivity (Wildman–Crippen MR) is 85.1 cm³/mol. The number of nitro benzene ring substituents is 1. The molecule has 1 heterocycles. The van der Waals surface area contributed by atoms with Crippen LogP contribution in [-0.2, 0) is 9.59 Å². The summed E-state index contributed by atoms with van der Waals surface area (Å²) >= 11 is 8.62. The second-order valence-corrected chi connectivity index (χ2v) is 6.77. The maximum Gasteiger partial charge on any atom is 0.271 e. The number of hydrogen-bond donors (Lipinski definition) is 0. The predicted octanol–water partition coefficient (Wildman–Crippen LogP) is 0.382. The number of nitrogens with zero attached hydrogens (tertiary/aromatic N) is 2. The lowest BCUT2D eigenvalue weighted by Crippen LogP contribution is -2.40. The summed E-state index contributed by atoms with van der Waals surface area (Å²) < 4.78 is -0.0226. The van der Waals surface area contributed by atoms with Crippen molar-refractivity contribution in [2.45, 2.75) is 0 Å². The zero-order valence-corrected chi connectivity index (χ0v) is 14.2. The highest BCUT2D eigenvalue weighted by Gasteiger charge is 2.32. The van der Waals surface area contributed by atoms with Gasteiger partial charge in [-0.2, -0.15) is 0 Å². The lowest BCUT2D eigenvalue weighted by atomic mass is 10.1. The number of carboxylic acid groups (broad SMARTS) is 1. The van der Waals surface area contributed by atoms with Gasteiger partial charge in [-0.1, -0.05) is 45.7 Å². The minimum absolute atomic E-state index is 0.000693. The molecule has 1 aliphatic rings. The highest BCUT2D eigenvalue weighted by atomic mass is 79.9. The Morgan fingerprint density at radius 2 is 2.13 bits per heavy atom. The molecule has 0 aromatic heterocycles. The van der Waals surface area contributed by atoms with E-state index in [1.807, 2.05) is 0 Å². The molecule has 120 valence electrons. The van der Waals surface area contributed by atoms with Crippen LogP contribution < -0.4 is 10.2 Å². The second-order valence-electron chi connectivity index (χ2n) is 4.24. The molecule has 1 amide bonds. The van der Waals surface area contributed by atoms with Crippen molar-refractivity contribution < 1.29 is 24.7 Å². The number of rotatable bonds is 4. The van der Waals surface area contributed by atoms with Crippen molar-refractivity contribution in [1.29, 1.82) is 0 Å². The number of carbonyl (C=O) groups excluding carboxylic acids is 2. The van der Waals surface area contributed by atoms with Gasteiger partial charge in [0, 0.05) is 16.6 Å². The van der Waals surface area contributed by atoms with Crippen LogP contribution in [0, 0.1) is 10.1 Å². The van der Waals surface area contributed by atoms with Crippen LogP contribution in [0.25, 0.3) is 6.08 Å². The molecule has 1 aromatic rings. The normalized spacial score (nSPS) is 16.2. The third-order valence-electron chi connectivity index (χ3n) is 2.72. The molecule has 0 saturated carbocycles. The van der Waals surface area contributed by atoms with Gasteiger partial charge in [0.25, 0.3) is 11.6 Å². The summed E-state index contributed by atoms with van der Waals surface area (Å²) in [5.41, 5.74) is -0.409. The first-order chi connectivity index (χ1) is 10.7. The van der Waals surface area contributed by atoms with E-state index >= 15 is 0 Å². The molecule has 0 spiro atoms. The third kappa shape index (κ3) is 3.68. The number of thiocarbonyl (C=S) groups is 1. The minimum Gasteiger partial charge on any atom is -0.871 e. The van der Waals surface area contributed by atoms with E-state index < -0.39 is 29.1 Å². The van der Waals surface area contributed by atoms with Gasteiger partial charge in [-0.25, -0.2) is 0 Å². The maximum absolute atomic E-state index is 12.1. The van der Waals surface area contributed by atoms with Crippen molar-refractivity contribution in [2.24, 2.45) is 0 Å². The Kier molecular flexibility index (Phi) is 5.02. The first-order valence-electron chi connectivity index (χ1n) is 5.81. The lowest BCUT2D eigenvalue weighted by molar-refractivity contribution is -0.385. The molecular weight excluding hydrogens is 412 g/mol. The molecule has 0 aliphatic carbocycles. The molecule has 1 saturated heterocycles. The molecule has 1 aromatic carbocycles. The van der Waals surface area contributed by atoms with Gasteiger partial charge < -0.3 is 15.0 Å². The fourth-order valence-corrected chi connectivity index (χ4v) is 3.43. The minimum atomic E-state index is -1.48. The van der Waals surface area contributed by atoms with Crippen LogP contribution >= 0.6 is 39.9 Å². The van der Waals surface area contributed by atoms with Gasteiger partial charge in [0.2, 0.25) is 0 Å². The largest absolute Gasteiger partial charge is 0.871 e. The van der Waals surface area contributed by atoms with E-state index in [4.69, 9.17) is 12.2 Å². The van der Waals surface area contributed by atoms with E-state index in [1.165, 1.54) is 0 Å². The number of thioether (sulfide) groups is 1. The molecular formula is C12H5BrN2O6S2-2. The molecule has 0 unspecified atom stereocenters. The summed E-state index contributed by atoms with van der Waals surface area (Å²) in [7, 11) is 0. The second kappa shape index (κ2) is 6.64. The first-order valence-corrected chi connectivity index (χ1v) is 7.82. The number of hydrogen-bond acceptors (Lipinski definition) is 8. The monoisotopic (exact) mass is 416 g/mol. The molecule has 0 atom stereocenters. The molecule has 8 nitrogen and oxygen atoms in total. The Balaban J connectivity index is 2.43. The zero-order chi connectivity index (χ0) is 17.3. The number of carbonyl (C=O) groups is 2. The Morgan fingerprint density at radius 1 is 1.48 bits per heavy atom. The van der Waals surface area contributed by atoms with Crippen LogP contribution in [0.3, 0.4) is 0 Å². The summed E-state index contributed by atoms with van der Waals surface area (Å²) in [6.07, 6.45) is 1.15. The average molecular weight is 417 g/mol. The maximum atomic E-state index is 12.1. The van der Waals surface area contributed by atoms with Gasteiger partial charge in [-0.05, 0) is 11.6 Å². The zero-order valence-electron chi connectivity index (χ0n) is 11.0. The quantitative estimate of drug-likeness (QED) is 0.298. The van der Waals surface area contributed by atoms with Gasteiger partial charge in [0.1, 0.15) is 4.32 Å². The summed E-state index contributed by atoms with van der Waals surface area (Å²) in [4.78, 5) is 33.7. The summed E-state index contributed by atoms with van der Waals surface area (Å²) in [6.45, 7) is -0.704. The van der Waals surface area contributed by atoms with E-state index in [0.29, 0.717) is 0 Å². The van der Waals surface area contributed by atoms with Crippen molar-refractivity contribution in [1.82, 2.24) is 4.90 Å². The van der Waals surface area contributed by atoms with Crippen LogP contribution in [0.15, 0.2) is 21.5 Å². The van der Waals surface area contributed by atoms with Crippen LogP contribution in [0.2, 0.25) is 0 Å². The molecule has 1 fully saturated rings.